The molecule has 0 unspecified atom stereocenters. The Bertz CT molecular complexity index is 1060. The van der Waals surface area contributed by atoms with E-state index in [9.17, 15) is 15.0 Å². The second-order valence-corrected chi connectivity index (χ2v) is 6.68. The fourth-order valence-corrected chi connectivity index (χ4v) is 2.83. The number of hydrogen-bond donors (Lipinski definition) is 2. The van der Waals surface area contributed by atoms with E-state index in [2.05, 4.69) is 0 Å². The van der Waals surface area contributed by atoms with Gasteiger partial charge in [0.15, 0.2) is 40.8 Å². The number of hydrogen-bond acceptors (Lipinski definition) is 9. The van der Waals surface area contributed by atoms with Crippen molar-refractivity contribution in [2.75, 3.05) is 42.7 Å². The van der Waals surface area contributed by atoms with Crippen LogP contribution in [0.25, 0.3) is 0 Å². The zero-order valence-electron chi connectivity index (χ0n) is 20.9. The maximum absolute atomic E-state index is 10.7. The van der Waals surface area contributed by atoms with Crippen molar-refractivity contribution in [3.63, 3.8) is 0 Å². The number of phenols is 2. The molecule has 0 spiro atoms. The lowest BCUT2D eigenvalue weighted by Gasteiger charge is -2.12. The molecular weight excluding hydrogens is 456 g/mol. The average Bonchev–Trinajstić information content (AvgIpc) is 2.91. The first-order valence-electron chi connectivity index (χ1n) is 10.3. The maximum atomic E-state index is 10.7. The van der Waals surface area contributed by atoms with Crippen LogP contribution >= 0.6 is 0 Å². The Morgan fingerprint density at radius 3 is 1.49 bits per heavy atom. The van der Waals surface area contributed by atoms with Gasteiger partial charge in [0.2, 0.25) is 11.5 Å². The second-order valence-electron chi connectivity index (χ2n) is 6.68. The minimum absolute atomic E-state index is 0.121. The van der Waals surface area contributed by atoms with Crippen molar-refractivity contribution in [1.82, 2.24) is 0 Å². The highest BCUT2D eigenvalue weighted by atomic mass is 16.5. The summed E-state index contributed by atoms with van der Waals surface area (Å²) in [4.78, 5) is 10.7. The van der Waals surface area contributed by atoms with Crippen LogP contribution in [0.15, 0.2) is 48.5 Å². The molecule has 0 atom stereocenters. The molecule has 0 aliphatic carbocycles. The largest absolute Gasteiger partial charge is 0.504 e. The minimum Gasteiger partial charge on any atom is -0.504 e. The van der Waals surface area contributed by atoms with E-state index in [1.54, 1.807) is 45.4 Å². The molecule has 0 fully saturated rings. The number of phenolic OH excluding ortho intramolecular Hbond substituents is 2. The molecule has 0 bridgehead atoms. The summed E-state index contributed by atoms with van der Waals surface area (Å²) in [6.07, 6.45) is 0.709. The summed E-state index contributed by atoms with van der Waals surface area (Å²) in [5, 5.41) is 18.4. The highest BCUT2D eigenvalue weighted by Crippen LogP contribution is 2.39. The van der Waals surface area contributed by atoms with Crippen molar-refractivity contribution in [2.24, 2.45) is 0 Å². The second kappa shape index (κ2) is 14.8. The molecular formula is C26H32O9. The molecule has 0 aliphatic rings. The molecule has 35 heavy (non-hydrogen) atoms. The van der Waals surface area contributed by atoms with Gasteiger partial charge in [-0.1, -0.05) is 18.2 Å². The fourth-order valence-electron chi connectivity index (χ4n) is 2.83. The van der Waals surface area contributed by atoms with E-state index in [1.165, 1.54) is 28.4 Å². The van der Waals surface area contributed by atoms with Gasteiger partial charge in [-0.25, -0.2) is 0 Å². The van der Waals surface area contributed by atoms with Gasteiger partial charge in [0.05, 0.1) is 48.2 Å². The minimum atomic E-state index is -0.201. The molecule has 0 heterocycles. The summed E-state index contributed by atoms with van der Waals surface area (Å²) in [5.41, 5.74) is 1.06. The van der Waals surface area contributed by atoms with Gasteiger partial charge in [-0.2, -0.15) is 0 Å². The number of aldehydes is 1. The van der Waals surface area contributed by atoms with Crippen LogP contribution in [0.5, 0.6) is 46.0 Å². The molecule has 0 radical (unpaired) electrons. The Kier molecular flexibility index (Phi) is 12.2. The number of aryl methyl sites for hydroxylation is 1. The highest BCUT2D eigenvalue weighted by Gasteiger charge is 2.14. The molecule has 9 nitrogen and oxygen atoms in total. The lowest BCUT2D eigenvalue weighted by atomic mass is 10.2. The number of benzene rings is 3. The summed E-state index contributed by atoms with van der Waals surface area (Å²) in [7, 11) is 9.18. The number of para-hydroxylation sites is 2. The number of methoxy groups -OCH3 is 6. The summed E-state index contributed by atoms with van der Waals surface area (Å²) in [6.45, 7) is 1.70. The van der Waals surface area contributed by atoms with Crippen molar-refractivity contribution in [2.45, 2.75) is 6.92 Å². The Morgan fingerprint density at radius 2 is 1.06 bits per heavy atom. The molecule has 0 saturated carbocycles. The Labute approximate surface area is 205 Å². The lowest BCUT2D eigenvalue weighted by molar-refractivity contribution is 0.111. The van der Waals surface area contributed by atoms with Crippen LogP contribution in [0.4, 0.5) is 0 Å². The number of carbonyl (C=O) groups excluding carboxylic acids is 1. The summed E-state index contributed by atoms with van der Waals surface area (Å²) >= 11 is 0. The van der Waals surface area contributed by atoms with Crippen molar-refractivity contribution in [3.8, 4) is 46.0 Å². The predicted octanol–water partition coefficient (Wildman–Crippen LogP) is 4.64. The Balaban J connectivity index is 0.000000267. The van der Waals surface area contributed by atoms with Crippen LogP contribution in [-0.4, -0.2) is 59.2 Å². The smallest absolute Gasteiger partial charge is 0.204 e. The number of aromatic hydroxyl groups is 2. The number of rotatable bonds is 7. The van der Waals surface area contributed by atoms with Gasteiger partial charge in [-0.3, -0.25) is 4.79 Å². The van der Waals surface area contributed by atoms with Crippen LogP contribution in [0.3, 0.4) is 0 Å². The molecule has 3 aromatic rings. The average molecular weight is 489 g/mol. The molecule has 9 heteroatoms. The van der Waals surface area contributed by atoms with E-state index < -0.39 is 0 Å². The van der Waals surface area contributed by atoms with E-state index in [0.29, 0.717) is 34.7 Å². The van der Waals surface area contributed by atoms with E-state index in [0.717, 1.165) is 11.5 Å². The van der Waals surface area contributed by atoms with Gasteiger partial charge in [0, 0.05) is 0 Å². The van der Waals surface area contributed by atoms with Gasteiger partial charge < -0.3 is 38.6 Å². The quantitative estimate of drug-likeness (QED) is 0.363. The monoisotopic (exact) mass is 488 g/mol. The van der Waals surface area contributed by atoms with Gasteiger partial charge in [0.25, 0.3) is 0 Å². The zero-order valence-corrected chi connectivity index (χ0v) is 20.9. The molecule has 0 aromatic heterocycles. The predicted molar refractivity (Wildman–Crippen MR) is 132 cm³/mol. The van der Waals surface area contributed by atoms with Gasteiger partial charge in [-0.05, 0) is 42.8 Å². The standard InChI is InChI=1S/C10H12O4.C8H10O3.C8H10O2/c1-12-8-5-4-7(6-11)9(13-2)10(8)14-3;1-5-3-4-6(11-2)8(10)7(5)9;1-9-7-5-3-4-6-8(7)10-2/h4-6H,1-3H3;3-4,9-10H,1-2H3;3-6H,1-2H3. The van der Waals surface area contributed by atoms with E-state index in [4.69, 9.17) is 28.4 Å². The van der Waals surface area contributed by atoms with Crippen LogP contribution < -0.4 is 28.4 Å². The first kappa shape index (κ1) is 28.8. The first-order valence-corrected chi connectivity index (χ1v) is 10.3. The van der Waals surface area contributed by atoms with E-state index in [-0.39, 0.29) is 17.2 Å². The third kappa shape index (κ3) is 7.63. The normalized spacial score (nSPS) is 9.34. The summed E-state index contributed by atoms with van der Waals surface area (Å²) in [6, 6.07) is 14.1. The van der Waals surface area contributed by atoms with Crippen molar-refractivity contribution >= 4 is 6.29 Å². The fraction of sp³-hybridized carbons (Fsp3) is 0.269. The molecule has 0 aliphatic heterocycles. The van der Waals surface area contributed by atoms with E-state index in [1.807, 2.05) is 24.3 Å². The van der Waals surface area contributed by atoms with Crippen LogP contribution in [0.1, 0.15) is 15.9 Å². The van der Waals surface area contributed by atoms with Gasteiger partial charge in [-0.15, -0.1) is 0 Å². The van der Waals surface area contributed by atoms with E-state index >= 15 is 0 Å². The topological polar surface area (TPSA) is 113 Å². The Hall–Kier alpha value is -4.27. The Morgan fingerprint density at radius 1 is 0.571 bits per heavy atom. The maximum Gasteiger partial charge on any atom is 0.204 e. The molecule has 3 rings (SSSR count). The molecule has 3 aromatic carbocycles. The molecule has 2 N–H and O–H groups in total. The van der Waals surface area contributed by atoms with Crippen LogP contribution in [-0.2, 0) is 0 Å². The summed E-state index contributed by atoms with van der Waals surface area (Å²) in [5.74, 6) is 2.86. The van der Waals surface area contributed by atoms with Crippen molar-refractivity contribution in [1.29, 1.82) is 0 Å². The zero-order chi connectivity index (χ0) is 26.4. The SMILES string of the molecule is COc1ccc(C)c(O)c1O.COc1ccc(C=O)c(OC)c1OC.COc1ccccc1OC. The lowest BCUT2D eigenvalue weighted by Crippen LogP contribution is -1.97. The van der Waals surface area contributed by atoms with Crippen LogP contribution in [0, 0.1) is 6.92 Å². The molecule has 190 valence electrons. The molecule has 0 amide bonds. The van der Waals surface area contributed by atoms with Crippen molar-refractivity contribution < 1.29 is 43.4 Å². The molecule has 0 saturated heterocycles. The third-order valence-corrected chi connectivity index (χ3v) is 4.69. The van der Waals surface area contributed by atoms with Gasteiger partial charge >= 0.3 is 0 Å². The third-order valence-electron chi connectivity index (χ3n) is 4.69. The number of carbonyl (C=O) groups is 1. The van der Waals surface area contributed by atoms with Crippen molar-refractivity contribution in [3.05, 3.63) is 59.7 Å². The van der Waals surface area contributed by atoms with Crippen LogP contribution in [0.2, 0.25) is 0 Å². The highest BCUT2D eigenvalue weighted by molar-refractivity contribution is 5.82. The first-order chi connectivity index (χ1) is 16.8. The summed E-state index contributed by atoms with van der Waals surface area (Å²) < 4.78 is 30.0. The van der Waals surface area contributed by atoms with Gasteiger partial charge in [0.1, 0.15) is 0 Å². The number of ether oxygens (including phenoxy) is 6.